The van der Waals surface area contributed by atoms with Crippen LogP contribution in [0.5, 0.6) is 0 Å². The number of piperidine rings is 1. The molecule has 21 heavy (non-hydrogen) atoms. The second-order valence-electron chi connectivity index (χ2n) is 5.27. The van der Waals surface area contributed by atoms with E-state index in [1.54, 1.807) is 0 Å². The summed E-state index contributed by atoms with van der Waals surface area (Å²) in [5.74, 6) is -4.23. The first-order valence-electron chi connectivity index (χ1n) is 6.46. The minimum Gasteiger partial charge on any atom is -0.316 e. The molecule has 1 aliphatic heterocycles. The van der Waals surface area contributed by atoms with Crippen molar-refractivity contribution >= 4 is 0 Å². The molecule has 0 amide bonds. The van der Waals surface area contributed by atoms with Crippen LogP contribution in [-0.4, -0.2) is 29.8 Å². The lowest BCUT2D eigenvalue weighted by Crippen LogP contribution is -2.43. The van der Waals surface area contributed by atoms with E-state index in [1.165, 1.54) is 13.0 Å². The summed E-state index contributed by atoms with van der Waals surface area (Å²) in [6, 6.07) is 1.25. The molecule has 1 saturated heterocycles. The zero-order chi connectivity index (χ0) is 15.8. The Hall–Kier alpha value is -1.44. The van der Waals surface area contributed by atoms with E-state index in [9.17, 15) is 26.7 Å². The molecule has 0 spiro atoms. The normalized spacial score (nSPS) is 22.3. The number of aryl methyl sites for hydroxylation is 1. The van der Waals surface area contributed by atoms with E-state index in [-0.39, 0.29) is 30.6 Å². The first-order valence-corrected chi connectivity index (χ1v) is 6.46. The Kier molecular flexibility index (Phi) is 4.10. The van der Waals surface area contributed by atoms with E-state index in [1.807, 2.05) is 0 Å². The molecule has 118 valence electrons. The van der Waals surface area contributed by atoms with Gasteiger partial charge in [0.15, 0.2) is 0 Å². The molecule has 1 aromatic rings. The number of nitrogens with zero attached hydrogens (tertiary/aromatic N) is 1. The van der Waals surface area contributed by atoms with Gasteiger partial charge in [0.25, 0.3) is 11.5 Å². The van der Waals surface area contributed by atoms with Gasteiger partial charge in [-0.25, -0.2) is 8.78 Å². The lowest BCUT2D eigenvalue weighted by atomic mass is 9.88. The maximum atomic E-state index is 13.9. The van der Waals surface area contributed by atoms with Crippen molar-refractivity contribution in [3.8, 4) is 0 Å². The SMILES string of the molecule is Cc1cc(C2CNCCC2(F)F)cn(CC(F)(F)F)c1=O. The van der Waals surface area contributed by atoms with E-state index < -0.39 is 30.1 Å². The topological polar surface area (TPSA) is 34.0 Å². The first kappa shape index (κ1) is 15.9. The van der Waals surface area contributed by atoms with Crippen molar-refractivity contribution < 1.29 is 22.0 Å². The van der Waals surface area contributed by atoms with Crippen LogP contribution >= 0.6 is 0 Å². The van der Waals surface area contributed by atoms with Crippen molar-refractivity contribution in [3.05, 3.63) is 33.7 Å². The van der Waals surface area contributed by atoms with Gasteiger partial charge >= 0.3 is 6.18 Å². The van der Waals surface area contributed by atoms with Gasteiger partial charge in [0.2, 0.25) is 0 Å². The third-order valence-corrected chi connectivity index (χ3v) is 3.53. The lowest BCUT2D eigenvalue weighted by molar-refractivity contribution is -0.141. The van der Waals surface area contributed by atoms with E-state index in [0.717, 1.165) is 6.20 Å². The number of pyridine rings is 1. The molecule has 1 N–H and O–H groups in total. The Morgan fingerprint density at radius 3 is 2.67 bits per heavy atom. The smallest absolute Gasteiger partial charge is 0.316 e. The standard InChI is InChI=1S/C13H15F5N2O/c1-8-4-9(10-5-19-3-2-12(10,14)15)6-20(11(8)21)7-13(16,17)18/h4,6,10,19H,2-3,5,7H2,1H3. The number of nitrogens with one attached hydrogen (secondary N) is 1. The van der Waals surface area contributed by atoms with Crippen LogP contribution in [0.3, 0.4) is 0 Å². The maximum Gasteiger partial charge on any atom is 0.406 e. The third kappa shape index (κ3) is 3.61. The number of halogens is 5. The van der Waals surface area contributed by atoms with E-state index in [0.29, 0.717) is 4.57 Å². The van der Waals surface area contributed by atoms with Gasteiger partial charge in [0.1, 0.15) is 6.54 Å². The molecule has 3 nitrogen and oxygen atoms in total. The Labute approximate surface area is 117 Å². The maximum absolute atomic E-state index is 13.9. The fraction of sp³-hybridized carbons (Fsp3) is 0.615. The van der Waals surface area contributed by atoms with Crippen molar-refractivity contribution in [3.63, 3.8) is 0 Å². The summed E-state index contributed by atoms with van der Waals surface area (Å²) in [5, 5.41) is 2.80. The average molecular weight is 310 g/mol. The second kappa shape index (κ2) is 5.40. The molecule has 1 atom stereocenters. The van der Waals surface area contributed by atoms with Gasteiger partial charge in [0.05, 0.1) is 5.92 Å². The van der Waals surface area contributed by atoms with Gasteiger partial charge in [-0.3, -0.25) is 4.79 Å². The number of aromatic nitrogens is 1. The predicted octanol–water partition coefficient (Wildman–Crippen LogP) is 2.43. The van der Waals surface area contributed by atoms with E-state index >= 15 is 0 Å². The van der Waals surface area contributed by atoms with Crippen molar-refractivity contribution in [2.75, 3.05) is 13.1 Å². The summed E-state index contributed by atoms with van der Waals surface area (Å²) in [5.41, 5.74) is -0.741. The van der Waals surface area contributed by atoms with E-state index in [2.05, 4.69) is 5.32 Å². The molecule has 0 bridgehead atoms. The van der Waals surface area contributed by atoms with Crippen LogP contribution < -0.4 is 10.9 Å². The molecular formula is C13H15F5N2O. The summed E-state index contributed by atoms with van der Waals surface area (Å²) >= 11 is 0. The van der Waals surface area contributed by atoms with Gasteiger partial charge in [-0.1, -0.05) is 0 Å². The zero-order valence-corrected chi connectivity index (χ0v) is 11.3. The Morgan fingerprint density at radius 1 is 1.43 bits per heavy atom. The average Bonchev–Trinajstić information content (AvgIpc) is 2.32. The van der Waals surface area contributed by atoms with Crippen molar-refractivity contribution in [1.29, 1.82) is 0 Å². The highest BCUT2D eigenvalue weighted by atomic mass is 19.4. The highest BCUT2D eigenvalue weighted by Gasteiger charge is 2.42. The van der Waals surface area contributed by atoms with Crippen LogP contribution in [0.2, 0.25) is 0 Å². The van der Waals surface area contributed by atoms with Gasteiger partial charge in [-0.15, -0.1) is 0 Å². The second-order valence-corrected chi connectivity index (χ2v) is 5.27. The minimum atomic E-state index is -4.58. The van der Waals surface area contributed by atoms with Crippen molar-refractivity contribution in [2.45, 2.75) is 37.9 Å². The Morgan fingerprint density at radius 2 is 2.10 bits per heavy atom. The summed E-state index contributed by atoms with van der Waals surface area (Å²) < 4.78 is 65.6. The van der Waals surface area contributed by atoms with Crippen LogP contribution in [0.15, 0.2) is 17.1 Å². The highest BCUT2D eigenvalue weighted by molar-refractivity contribution is 5.25. The third-order valence-electron chi connectivity index (χ3n) is 3.53. The molecule has 1 aromatic heterocycles. The summed E-state index contributed by atoms with van der Waals surface area (Å²) in [7, 11) is 0. The van der Waals surface area contributed by atoms with Gasteiger partial charge in [-0.05, 0) is 18.6 Å². The fourth-order valence-electron chi connectivity index (χ4n) is 2.50. The van der Waals surface area contributed by atoms with Gasteiger partial charge in [-0.2, -0.15) is 13.2 Å². The van der Waals surface area contributed by atoms with Gasteiger partial charge in [0, 0.05) is 31.3 Å². The first-order chi connectivity index (χ1) is 9.60. The minimum absolute atomic E-state index is 0.0260. The number of hydrogen-bond acceptors (Lipinski definition) is 2. The molecule has 1 unspecified atom stereocenters. The molecule has 0 radical (unpaired) electrons. The summed E-state index contributed by atoms with van der Waals surface area (Å²) in [6.07, 6.45) is -4.06. The van der Waals surface area contributed by atoms with Gasteiger partial charge < -0.3 is 9.88 Å². The quantitative estimate of drug-likeness (QED) is 0.851. The molecule has 8 heteroatoms. The van der Waals surface area contributed by atoms with Crippen LogP contribution in [-0.2, 0) is 6.54 Å². The molecule has 2 heterocycles. The molecule has 1 aliphatic rings. The zero-order valence-electron chi connectivity index (χ0n) is 11.3. The molecule has 0 aliphatic carbocycles. The predicted molar refractivity (Wildman–Crippen MR) is 66.7 cm³/mol. The van der Waals surface area contributed by atoms with Crippen LogP contribution in [0.4, 0.5) is 22.0 Å². The summed E-state index contributed by atoms with van der Waals surface area (Å²) in [6.45, 7) is -0.0271. The highest BCUT2D eigenvalue weighted by Crippen LogP contribution is 2.37. The van der Waals surface area contributed by atoms with Crippen LogP contribution in [0.25, 0.3) is 0 Å². The molecular weight excluding hydrogens is 295 g/mol. The largest absolute Gasteiger partial charge is 0.406 e. The monoisotopic (exact) mass is 310 g/mol. The number of hydrogen-bond donors (Lipinski definition) is 1. The van der Waals surface area contributed by atoms with E-state index in [4.69, 9.17) is 0 Å². The Bertz CT molecular complexity index is 579. The molecule has 0 aromatic carbocycles. The number of alkyl halides is 5. The number of rotatable bonds is 2. The van der Waals surface area contributed by atoms with Crippen LogP contribution in [0.1, 0.15) is 23.5 Å². The lowest BCUT2D eigenvalue weighted by Gasteiger charge is -2.32. The van der Waals surface area contributed by atoms with Crippen LogP contribution in [0, 0.1) is 6.92 Å². The molecule has 1 fully saturated rings. The molecule has 0 saturated carbocycles. The Balaban J connectivity index is 2.43. The van der Waals surface area contributed by atoms with Crippen molar-refractivity contribution in [2.24, 2.45) is 0 Å². The molecule has 2 rings (SSSR count). The van der Waals surface area contributed by atoms with Crippen molar-refractivity contribution in [1.82, 2.24) is 9.88 Å². The summed E-state index contributed by atoms with van der Waals surface area (Å²) in [4.78, 5) is 11.7. The fourth-order valence-corrected chi connectivity index (χ4v) is 2.50.